The molecule has 2 aromatic carbocycles. The molecule has 8 heteroatoms. The number of carbonyl (C=O) groups is 2. The minimum absolute atomic E-state index is 0.000336. The van der Waals surface area contributed by atoms with Crippen molar-refractivity contribution < 1.29 is 14.0 Å². The highest BCUT2D eigenvalue weighted by Crippen LogP contribution is 2.18. The summed E-state index contributed by atoms with van der Waals surface area (Å²) in [6.07, 6.45) is 1.42. The van der Waals surface area contributed by atoms with Gasteiger partial charge in [0.25, 0.3) is 5.91 Å². The van der Waals surface area contributed by atoms with E-state index in [4.69, 9.17) is 11.6 Å². The van der Waals surface area contributed by atoms with E-state index < -0.39 is 11.7 Å². The van der Waals surface area contributed by atoms with Crippen molar-refractivity contribution in [1.29, 1.82) is 0 Å². The van der Waals surface area contributed by atoms with Gasteiger partial charge < -0.3 is 15.2 Å². The Hall–Kier alpha value is -2.93. The number of nitrogens with one attached hydrogen (secondary N) is 2. The minimum atomic E-state index is -0.729. The standard InChI is InChI=1S/C20H20ClFN4O2/c1-26-16-9-3-2-8-15(16)25-17(26)10-5-11-23-18(27)12-24-20(28)19-13(21)6-4-7-14(19)22/h2-4,6-9H,5,10-12H2,1H3,(H,23,27)(H,24,28). The number of para-hydroxylation sites is 2. The summed E-state index contributed by atoms with van der Waals surface area (Å²) < 4.78 is 15.7. The number of amides is 2. The molecule has 0 bridgehead atoms. The van der Waals surface area contributed by atoms with E-state index in [2.05, 4.69) is 15.6 Å². The van der Waals surface area contributed by atoms with Gasteiger partial charge >= 0.3 is 0 Å². The normalized spacial score (nSPS) is 10.8. The first-order chi connectivity index (χ1) is 13.5. The molecule has 6 nitrogen and oxygen atoms in total. The second kappa shape index (κ2) is 8.84. The molecule has 3 rings (SSSR count). The van der Waals surface area contributed by atoms with Crippen LogP contribution in [0.15, 0.2) is 42.5 Å². The summed E-state index contributed by atoms with van der Waals surface area (Å²) in [5.41, 5.74) is 1.74. The molecule has 0 radical (unpaired) electrons. The van der Waals surface area contributed by atoms with Crippen molar-refractivity contribution in [1.82, 2.24) is 20.2 Å². The molecule has 28 heavy (non-hydrogen) atoms. The van der Waals surface area contributed by atoms with E-state index >= 15 is 0 Å². The van der Waals surface area contributed by atoms with E-state index in [1.54, 1.807) is 0 Å². The largest absolute Gasteiger partial charge is 0.355 e. The number of hydrogen-bond donors (Lipinski definition) is 2. The van der Waals surface area contributed by atoms with Gasteiger partial charge in [0, 0.05) is 20.0 Å². The lowest BCUT2D eigenvalue weighted by Crippen LogP contribution is -2.37. The highest BCUT2D eigenvalue weighted by Gasteiger charge is 2.16. The summed E-state index contributed by atoms with van der Waals surface area (Å²) in [5, 5.41) is 5.10. The van der Waals surface area contributed by atoms with Crippen LogP contribution in [0.4, 0.5) is 4.39 Å². The number of aromatic nitrogens is 2. The monoisotopic (exact) mass is 402 g/mol. The van der Waals surface area contributed by atoms with Crippen molar-refractivity contribution in [3.63, 3.8) is 0 Å². The lowest BCUT2D eigenvalue weighted by atomic mass is 10.2. The van der Waals surface area contributed by atoms with E-state index in [1.165, 1.54) is 12.1 Å². The van der Waals surface area contributed by atoms with Gasteiger partial charge in [-0.25, -0.2) is 9.37 Å². The number of carbonyl (C=O) groups excluding carboxylic acids is 2. The predicted octanol–water partition coefficient (Wildman–Crippen LogP) is 2.84. The first-order valence-electron chi connectivity index (χ1n) is 8.86. The van der Waals surface area contributed by atoms with Crippen LogP contribution in [-0.2, 0) is 18.3 Å². The van der Waals surface area contributed by atoms with Crippen molar-refractivity contribution in [3.05, 3.63) is 64.7 Å². The summed E-state index contributed by atoms with van der Waals surface area (Å²) in [5.74, 6) is -0.866. The van der Waals surface area contributed by atoms with Crippen LogP contribution in [0.2, 0.25) is 5.02 Å². The minimum Gasteiger partial charge on any atom is -0.355 e. The number of fused-ring (bicyclic) bond motifs is 1. The Morgan fingerprint density at radius 2 is 1.93 bits per heavy atom. The topological polar surface area (TPSA) is 76.0 Å². The second-order valence-corrected chi connectivity index (χ2v) is 6.72. The van der Waals surface area contributed by atoms with Crippen LogP contribution in [-0.4, -0.2) is 34.5 Å². The maximum Gasteiger partial charge on any atom is 0.256 e. The van der Waals surface area contributed by atoms with Crippen LogP contribution in [0.5, 0.6) is 0 Å². The summed E-state index contributed by atoms with van der Waals surface area (Å²) in [6, 6.07) is 11.9. The first kappa shape index (κ1) is 19.8. The quantitative estimate of drug-likeness (QED) is 0.597. The highest BCUT2D eigenvalue weighted by molar-refractivity contribution is 6.33. The maximum absolute atomic E-state index is 13.7. The fraction of sp³-hybridized carbons (Fsp3) is 0.250. The molecule has 1 heterocycles. The Morgan fingerprint density at radius 3 is 2.68 bits per heavy atom. The number of hydrogen-bond acceptors (Lipinski definition) is 3. The molecule has 2 amide bonds. The zero-order valence-corrected chi connectivity index (χ0v) is 16.1. The molecule has 146 valence electrons. The Kier molecular flexibility index (Phi) is 6.26. The number of benzene rings is 2. The van der Waals surface area contributed by atoms with Crippen LogP contribution in [0.1, 0.15) is 22.6 Å². The Bertz CT molecular complexity index is 998. The molecule has 0 saturated heterocycles. The SMILES string of the molecule is Cn1c(CCCNC(=O)CNC(=O)c2c(F)cccc2Cl)nc2ccccc21. The average molecular weight is 403 g/mol. The molecule has 3 aromatic rings. The van der Waals surface area contributed by atoms with Gasteiger partial charge in [-0.15, -0.1) is 0 Å². The van der Waals surface area contributed by atoms with E-state index in [9.17, 15) is 14.0 Å². The third-order valence-corrected chi connectivity index (χ3v) is 4.69. The molecule has 0 aliphatic heterocycles. The zero-order chi connectivity index (χ0) is 20.1. The van der Waals surface area contributed by atoms with Crippen molar-refractivity contribution in [2.45, 2.75) is 12.8 Å². The smallest absolute Gasteiger partial charge is 0.256 e. The molecule has 0 aliphatic carbocycles. The van der Waals surface area contributed by atoms with E-state index in [1.807, 2.05) is 35.9 Å². The van der Waals surface area contributed by atoms with Crippen molar-refractivity contribution in [3.8, 4) is 0 Å². The molecule has 0 spiro atoms. The molecule has 0 unspecified atom stereocenters. The Labute approximate surface area is 166 Å². The molecule has 0 atom stereocenters. The molecule has 2 N–H and O–H groups in total. The first-order valence-corrected chi connectivity index (χ1v) is 9.24. The van der Waals surface area contributed by atoms with Gasteiger partial charge in [0.1, 0.15) is 11.6 Å². The number of rotatable bonds is 7. The Morgan fingerprint density at radius 1 is 1.14 bits per heavy atom. The molecular formula is C20H20ClFN4O2. The number of halogens is 2. The van der Waals surface area contributed by atoms with Gasteiger partial charge in [-0.05, 0) is 30.7 Å². The van der Waals surface area contributed by atoms with E-state index in [0.717, 1.165) is 22.9 Å². The van der Waals surface area contributed by atoms with Gasteiger partial charge in [-0.2, -0.15) is 0 Å². The zero-order valence-electron chi connectivity index (χ0n) is 15.3. The number of aryl methyl sites for hydroxylation is 2. The highest BCUT2D eigenvalue weighted by atomic mass is 35.5. The second-order valence-electron chi connectivity index (χ2n) is 6.31. The van der Waals surface area contributed by atoms with Crippen LogP contribution in [0.25, 0.3) is 11.0 Å². The van der Waals surface area contributed by atoms with Crippen LogP contribution < -0.4 is 10.6 Å². The summed E-state index contributed by atoms with van der Waals surface area (Å²) >= 11 is 5.83. The number of imidazole rings is 1. The van der Waals surface area contributed by atoms with Gasteiger partial charge in [-0.3, -0.25) is 9.59 Å². The summed E-state index contributed by atoms with van der Waals surface area (Å²) in [6.45, 7) is 0.189. The third kappa shape index (κ3) is 4.48. The molecule has 1 aromatic heterocycles. The van der Waals surface area contributed by atoms with Crippen molar-refractivity contribution in [2.75, 3.05) is 13.1 Å². The van der Waals surface area contributed by atoms with Gasteiger partial charge in [0.2, 0.25) is 5.91 Å². The predicted molar refractivity (Wildman–Crippen MR) is 106 cm³/mol. The maximum atomic E-state index is 13.7. The molecular weight excluding hydrogens is 383 g/mol. The third-order valence-electron chi connectivity index (χ3n) is 4.38. The average Bonchev–Trinajstić information content (AvgIpc) is 2.99. The van der Waals surface area contributed by atoms with Gasteiger partial charge in [0.05, 0.1) is 28.2 Å². The lowest BCUT2D eigenvalue weighted by Gasteiger charge is -2.08. The summed E-state index contributed by atoms with van der Waals surface area (Å²) in [4.78, 5) is 28.5. The molecule has 0 aliphatic rings. The van der Waals surface area contributed by atoms with Crippen LogP contribution in [0, 0.1) is 5.82 Å². The molecule has 0 saturated carbocycles. The fourth-order valence-corrected chi connectivity index (χ4v) is 3.17. The number of nitrogens with zero attached hydrogens (tertiary/aromatic N) is 2. The molecule has 0 fully saturated rings. The van der Waals surface area contributed by atoms with Crippen LogP contribution >= 0.6 is 11.6 Å². The fourth-order valence-electron chi connectivity index (χ4n) is 2.92. The van der Waals surface area contributed by atoms with Crippen molar-refractivity contribution in [2.24, 2.45) is 7.05 Å². The Balaban J connectivity index is 1.43. The lowest BCUT2D eigenvalue weighted by molar-refractivity contribution is -0.120. The van der Waals surface area contributed by atoms with E-state index in [-0.39, 0.29) is 23.0 Å². The summed E-state index contributed by atoms with van der Waals surface area (Å²) in [7, 11) is 1.96. The van der Waals surface area contributed by atoms with Crippen LogP contribution in [0.3, 0.4) is 0 Å². The van der Waals surface area contributed by atoms with E-state index in [0.29, 0.717) is 19.4 Å². The van der Waals surface area contributed by atoms with Crippen molar-refractivity contribution >= 4 is 34.4 Å². The van der Waals surface area contributed by atoms with Gasteiger partial charge in [0.15, 0.2) is 0 Å². The van der Waals surface area contributed by atoms with Gasteiger partial charge in [-0.1, -0.05) is 29.8 Å².